The fourth-order valence-electron chi connectivity index (χ4n) is 1.73. The second-order valence-electron chi connectivity index (χ2n) is 5.11. The van der Waals surface area contributed by atoms with E-state index in [1.165, 1.54) is 0 Å². The van der Waals surface area contributed by atoms with E-state index in [4.69, 9.17) is 10.5 Å². The number of nitrogens with one attached hydrogen (secondary N) is 1. The summed E-state index contributed by atoms with van der Waals surface area (Å²) >= 11 is 0. The van der Waals surface area contributed by atoms with Crippen LogP contribution in [0.5, 0.6) is 5.75 Å². The van der Waals surface area contributed by atoms with Crippen molar-refractivity contribution in [2.24, 2.45) is 16.6 Å². The molecule has 1 aromatic rings. The van der Waals surface area contributed by atoms with Crippen molar-refractivity contribution in [2.75, 3.05) is 5.32 Å². The molecule has 4 nitrogen and oxygen atoms in total. The van der Waals surface area contributed by atoms with Gasteiger partial charge < -0.3 is 15.8 Å². The summed E-state index contributed by atoms with van der Waals surface area (Å²) in [6.07, 6.45) is 1.33. The molecule has 1 saturated carbocycles. The van der Waals surface area contributed by atoms with Gasteiger partial charge in [0.25, 0.3) is 0 Å². The van der Waals surface area contributed by atoms with Crippen LogP contribution in [0.2, 0.25) is 0 Å². The summed E-state index contributed by atoms with van der Waals surface area (Å²) < 4.78 is 5.57. The lowest BCUT2D eigenvalue weighted by atomic mass is 10.3. The first-order valence-electron chi connectivity index (χ1n) is 6.41. The minimum Gasteiger partial charge on any atom is -0.491 e. The zero-order valence-corrected chi connectivity index (χ0v) is 13.9. The van der Waals surface area contributed by atoms with E-state index in [0.29, 0.717) is 17.9 Å². The lowest BCUT2D eigenvalue weighted by Gasteiger charge is -2.10. The molecule has 1 aromatic carbocycles. The van der Waals surface area contributed by atoms with Gasteiger partial charge in [-0.1, -0.05) is 6.92 Å². The molecule has 1 aliphatic carbocycles. The molecule has 5 heteroatoms. The van der Waals surface area contributed by atoms with Crippen molar-refractivity contribution in [3.8, 4) is 5.75 Å². The van der Waals surface area contributed by atoms with Crippen LogP contribution in [0.1, 0.15) is 27.2 Å². The number of nitrogens with two attached hydrogens (primary N) is 1. The van der Waals surface area contributed by atoms with E-state index in [9.17, 15) is 0 Å². The van der Waals surface area contributed by atoms with Gasteiger partial charge in [0.2, 0.25) is 0 Å². The normalized spacial score (nSPS) is 21.8. The fraction of sp³-hybridized carbons (Fsp3) is 0.500. The van der Waals surface area contributed by atoms with Gasteiger partial charge in [0.1, 0.15) is 5.75 Å². The van der Waals surface area contributed by atoms with Crippen LogP contribution in [0, 0.1) is 5.92 Å². The highest BCUT2D eigenvalue weighted by molar-refractivity contribution is 14.0. The van der Waals surface area contributed by atoms with Gasteiger partial charge in [-0.2, -0.15) is 0 Å². The molecule has 106 valence electrons. The van der Waals surface area contributed by atoms with Crippen molar-refractivity contribution in [2.45, 2.75) is 39.3 Å². The molecule has 0 aliphatic heterocycles. The number of anilines is 1. The van der Waals surface area contributed by atoms with Crippen LogP contribution in [0.15, 0.2) is 29.3 Å². The predicted octanol–water partition coefficient (Wildman–Crippen LogP) is 3.23. The topological polar surface area (TPSA) is 59.6 Å². The molecule has 19 heavy (non-hydrogen) atoms. The molecule has 0 heterocycles. The van der Waals surface area contributed by atoms with Crippen molar-refractivity contribution in [3.63, 3.8) is 0 Å². The lowest BCUT2D eigenvalue weighted by molar-refractivity contribution is 0.242. The number of nitrogens with zero attached hydrogens (tertiary/aromatic N) is 1. The van der Waals surface area contributed by atoms with Gasteiger partial charge in [-0.25, -0.2) is 4.99 Å². The number of hydrogen-bond donors (Lipinski definition) is 2. The van der Waals surface area contributed by atoms with E-state index in [0.717, 1.165) is 17.9 Å². The van der Waals surface area contributed by atoms with Crippen molar-refractivity contribution < 1.29 is 4.74 Å². The molecule has 0 aromatic heterocycles. The standard InChI is InChI=1S/C14H21N3O.HI/c1-9(2)18-12-6-4-11(5-7-12)16-14(15)17-13-8-10(13)3;/h4-7,9-10,13H,8H2,1-3H3,(H3,15,16,17);1H. The smallest absolute Gasteiger partial charge is 0.193 e. The van der Waals surface area contributed by atoms with Crippen LogP contribution in [0.3, 0.4) is 0 Å². The van der Waals surface area contributed by atoms with Crippen LogP contribution in [-0.4, -0.2) is 18.1 Å². The molecule has 0 radical (unpaired) electrons. The van der Waals surface area contributed by atoms with Crippen molar-refractivity contribution in [1.82, 2.24) is 0 Å². The van der Waals surface area contributed by atoms with Gasteiger partial charge in [0.05, 0.1) is 12.1 Å². The van der Waals surface area contributed by atoms with Crippen LogP contribution >= 0.6 is 24.0 Å². The van der Waals surface area contributed by atoms with Crippen LogP contribution in [-0.2, 0) is 0 Å². The molecule has 1 fully saturated rings. The summed E-state index contributed by atoms with van der Waals surface area (Å²) in [4.78, 5) is 4.39. The largest absolute Gasteiger partial charge is 0.491 e. The third kappa shape index (κ3) is 5.26. The Kier molecular flexibility index (Phi) is 5.90. The minimum absolute atomic E-state index is 0. The molecular formula is C14H22IN3O. The number of guanidine groups is 1. The molecule has 0 bridgehead atoms. The lowest BCUT2D eigenvalue weighted by Crippen LogP contribution is -2.23. The Morgan fingerprint density at radius 2 is 1.95 bits per heavy atom. The SMILES string of the molecule is CC(C)Oc1ccc(NC(N)=NC2CC2C)cc1.I. The average Bonchev–Trinajstić information content (AvgIpc) is 2.96. The van der Waals surface area contributed by atoms with Gasteiger partial charge >= 0.3 is 0 Å². The number of benzene rings is 1. The van der Waals surface area contributed by atoms with Gasteiger partial charge in [-0.3, -0.25) is 0 Å². The molecule has 2 rings (SSSR count). The number of rotatable bonds is 4. The van der Waals surface area contributed by atoms with E-state index in [1.54, 1.807) is 0 Å². The third-order valence-corrected chi connectivity index (χ3v) is 2.87. The number of halogens is 1. The maximum atomic E-state index is 5.84. The monoisotopic (exact) mass is 375 g/mol. The Bertz CT molecular complexity index is 431. The Morgan fingerprint density at radius 1 is 1.37 bits per heavy atom. The van der Waals surface area contributed by atoms with Crippen molar-refractivity contribution in [3.05, 3.63) is 24.3 Å². The molecular weight excluding hydrogens is 353 g/mol. The van der Waals surface area contributed by atoms with Gasteiger partial charge in [-0.15, -0.1) is 24.0 Å². The maximum absolute atomic E-state index is 5.84. The molecule has 0 amide bonds. The molecule has 2 unspecified atom stereocenters. The predicted molar refractivity (Wildman–Crippen MR) is 90.4 cm³/mol. The first kappa shape index (κ1) is 16.1. The van der Waals surface area contributed by atoms with Gasteiger partial charge in [0.15, 0.2) is 5.96 Å². The Balaban J connectivity index is 0.00000180. The van der Waals surface area contributed by atoms with Crippen LogP contribution in [0.4, 0.5) is 5.69 Å². The average molecular weight is 375 g/mol. The van der Waals surface area contributed by atoms with Crippen molar-refractivity contribution in [1.29, 1.82) is 0 Å². The zero-order chi connectivity index (χ0) is 13.1. The summed E-state index contributed by atoms with van der Waals surface area (Å²) in [6.45, 7) is 6.20. The number of hydrogen-bond acceptors (Lipinski definition) is 2. The summed E-state index contributed by atoms with van der Waals surface area (Å²) in [7, 11) is 0. The van der Waals surface area contributed by atoms with E-state index in [2.05, 4.69) is 17.2 Å². The number of aliphatic imine (C=N–C) groups is 1. The zero-order valence-electron chi connectivity index (χ0n) is 11.6. The molecule has 0 spiro atoms. The highest BCUT2D eigenvalue weighted by Gasteiger charge is 2.32. The molecule has 0 saturated heterocycles. The third-order valence-electron chi connectivity index (χ3n) is 2.87. The van der Waals surface area contributed by atoms with E-state index in [-0.39, 0.29) is 30.1 Å². The highest BCUT2D eigenvalue weighted by atomic mass is 127. The summed E-state index contributed by atoms with van der Waals surface area (Å²) in [5.74, 6) is 2.02. The molecule has 1 aliphatic rings. The Hall–Kier alpha value is -0.980. The summed E-state index contributed by atoms with van der Waals surface area (Å²) in [6, 6.07) is 8.14. The maximum Gasteiger partial charge on any atom is 0.193 e. The van der Waals surface area contributed by atoms with E-state index in [1.807, 2.05) is 38.1 Å². The fourth-order valence-corrected chi connectivity index (χ4v) is 1.73. The Labute approximate surface area is 131 Å². The van der Waals surface area contributed by atoms with Gasteiger partial charge in [0, 0.05) is 5.69 Å². The van der Waals surface area contributed by atoms with Gasteiger partial charge in [-0.05, 0) is 50.5 Å². The van der Waals surface area contributed by atoms with Crippen LogP contribution in [0.25, 0.3) is 0 Å². The molecule has 2 atom stereocenters. The second-order valence-corrected chi connectivity index (χ2v) is 5.11. The second kappa shape index (κ2) is 6.98. The quantitative estimate of drug-likeness (QED) is 0.483. The summed E-state index contributed by atoms with van der Waals surface area (Å²) in [5.41, 5.74) is 6.77. The Morgan fingerprint density at radius 3 is 2.42 bits per heavy atom. The number of ether oxygens (including phenoxy) is 1. The van der Waals surface area contributed by atoms with E-state index >= 15 is 0 Å². The summed E-state index contributed by atoms with van der Waals surface area (Å²) in [5, 5.41) is 3.09. The highest BCUT2D eigenvalue weighted by Crippen LogP contribution is 2.32. The van der Waals surface area contributed by atoms with E-state index < -0.39 is 0 Å². The first-order chi connectivity index (χ1) is 8.54. The molecule has 3 N–H and O–H groups in total. The minimum atomic E-state index is 0. The first-order valence-corrected chi connectivity index (χ1v) is 6.41. The van der Waals surface area contributed by atoms with Crippen molar-refractivity contribution >= 4 is 35.6 Å². The van der Waals surface area contributed by atoms with Crippen LogP contribution < -0.4 is 15.8 Å².